The lowest BCUT2D eigenvalue weighted by atomic mass is 10.0. The Morgan fingerprint density at radius 1 is 1.60 bits per heavy atom. The zero-order valence-corrected chi connectivity index (χ0v) is 9.39. The lowest BCUT2D eigenvalue weighted by Gasteiger charge is -2.11. The Hall–Kier alpha value is -0.860. The Labute approximate surface area is 94.2 Å². The molecule has 1 aromatic rings. The lowest BCUT2D eigenvalue weighted by Crippen LogP contribution is -2.10. The summed E-state index contributed by atoms with van der Waals surface area (Å²) in [4.78, 5) is 0. The van der Waals surface area contributed by atoms with Gasteiger partial charge in [0, 0.05) is 11.4 Å². The molecule has 0 aliphatic heterocycles. The first-order valence-electron chi connectivity index (χ1n) is 4.75. The smallest absolute Gasteiger partial charge is 0.124 e. The molecule has 0 radical (unpaired) electrons. The van der Waals surface area contributed by atoms with E-state index in [-0.39, 0.29) is 5.82 Å². The standard InChI is InChI=1S/C12H14ClFO/c1-8(2)5-11(15)6-9-3-4-10(14)7-12(9)13/h3-4,7,11,15H,1,5-6H2,2H3. The molecule has 15 heavy (non-hydrogen) atoms. The first-order valence-corrected chi connectivity index (χ1v) is 5.13. The lowest BCUT2D eigenvalue weighted by molar-refractivity contribution is 0.175. The van der Waals surface area contributed by atoms with Gasteiger partial charge in [0.05, 0.1) is 6.10 Å². The van der Waals surface area contributed by atoms with E-state index in [0.717, 1.165) is 11.1 Å². The summed E-state index contributed by atoms with van der Waals surface area (Å²) in [6.07, 6.45) is 0.449. The molecule has 1 aromatic carbocycles. The van der Waals surface area contributed by atoms with Gasteiger partial charge in [0.15, 0.2) is 0 Å². The molecule has 0 spiro atoms. The Balaban J connectivity index is 2.68. The van der Waals surface area contributed by atoms with Gasteiger partial charge in [-0.3, -0.25) is 0 Å². The minimum absolute atomic E-state index is 0.357. The molecule has 0 heterocycles. The van der Waals surface area contributed by atoms with E-state index in [0.29, 0.717) is 17.9 Å². The van der Waals surface area contributed by atoms with Gasteiger partial charge in [-0.05, 0) is 31.0 Å². The maximum atomic E-state index is 12.7. The van der Waals surface area contributed by atoms with Crippen LogP contribution in [0.2, 0.25) is 5.02 Å². The number of halogens is 2. The Morgan fingerprint density at radius 2 is 2.27 bits per heavy atom. The van der Waals surface area contributed by atoms with Gasteiger partial charge < -0.3 is 5.11 Å². The maximum absolute atomic E-state index is 12.7. The monoisotopic (exact) mass is 228 g/mol. The van der Waals surface area contributed by atoms with E-state index in [4.69, 9.17) is 11.6 Å². The number of hydrogen-bond donors (Lipinski definition) is 1. The Bertz CT molecular complexity index is 363. The van der Waals surface area contributed by atoms with Crippen LogP contribution in [0.25, 0.3) is 0 Å². The molecule has 1 rings (SSSR count). The maximum Gasteiger partial charge on any atom is 0.124 e. The van der Waals surface area contributed by atoms with Crippen molar-refractivity contribution < 1.29 is 9.50 Å². The van der Waals surface area contributed by atoms with Crippen molar-refractivity contribution in [1.29, 1.82) is 0 Å². The number of aliphatic hydroxyl groups excluding tert-OH is 1. The fourth-order valence-electron chi connectivity index (χ4n) is 1.42. The average molecular weight is 229 g/mol. The largest absolute Gasteiger partial charge is 0.392 e. The SMILES string of the molecule is C=C(C)CC(O)Cc1ccc(F)cc1Cl. The van der Waals surface area contributed by atoms with Crippen molar-refractivity contribution in [3.8, 4) is 0 Å². The van der Waals surface area contributed by atoms with Crippen LogP contribution in [0.15, 0.2) is 30.4 Å². The minimum atomic E-state index is -0.509. The molecule has 1 atom stereocenters. The van der Waals surface area contributed by atoms with Gasteiger partial charge in [0.1, 0.15) is 5.82 Å². The van der Waals surface area contributed by atoms with Gasteiger partial charge in [-0.1, -0.05) is 23.2 Å². The predicted octanol–water partition coefficient (Wildman–Crippen LogP) is 3.35. The summed E-state index contributed by atoms with van der Waals surface area (Å²) in [6, 6.07) is 4.19. The average Bonchev–Trinajstić information content (AvgIpc) is 2.08. The highest BCUT2D eigenvalue weighted by Gasteiger charge is 2.09. The molecule has 3 heteroatoms. The van der Waals surface area contributed by atoms with E-state index in [1.807, 2.05) is 6.92 Å². The molecule has 0 aromatic heterocycles. The molecule has 0 aliphatic rings. The van der Waals surface area contributed by atoms with E-state index in [1.165, 1.54) is 12.1 Å². The summed E-state index contributed by atoms with van der Waals surface area (Å²) in [5.41, 5.74) is 1.67. The molecule has 0 saturated heterocycles. The molecular formula is C12H14ClFO. The normalized spacial score (nSPS) is 12.5. The van der Waals surface area contributed by atoms with Crippen molar-refractivity contribution in [2.45, 2.75) is 25.9 Å². The van der Waals surface area contributed by atoms with Crippen LogP contribution < -0.4 is 0 Å². The van der Waals surface area contributed by atoms with Crippen molar-refractivity contribution in [3.63, 3.8) is 0 Å². The fourth-order valence-corrected chi connectivity index (χ4v) is 1.66. The van der Waals surface area contributed by atoms with Crippen LogP contribution in [0.5, 0.6) is 0 Å². The van der Waals surface area contributed by atoms with Gasteiger partial charge in [0.2, 0.25) is 0 Å². The second-order valence-corrected chi connectivity index (χ2v) is 4.16. The van der Waals surface area contributed by atoms with Crippen LogP contribution in [0.3, 0.4) is 0 Å². The molecule has 0 saturated carbocycles. The topological polar surface area (TPSA) is 20.2 Å². The van der Waals surface area contributed by atoms with Crippen LogP contribution in [-0.4, -0.2) is 11.2 Å². The molecule has 0 amide bonds. The molecule has 0 bridgehead atoms. The van der Waals surface area contributed by atoms with Crippen LogP contribution in [-0.2, 0) is 6.42 Å². The number of hydrogen-bond acceptors (Lipinski definition) is 1. The second kappa shape index (κ2) is 5.29. The van der Waals surface area contributed by atoms with Crippen molar-refractivity contribution in [2.75, 3.05) is 0 Å². The first kappa shape index (κ1) is 12.2. The van der Waals surface area contributed by atoms with Gasteiger partial charge in [0.25, 0.3) is 0 Å². The fraction of sp³-hybridized carbons (Fsp3) is 0.333. The molecule has 0 fully saturated rings. The van der Waals surface area contributed by atoms with Crippen LogP contribution in [0, 0.1) is 5.82 Å². The zero-order valence-electron chi connectivity index (χ0n) is 8.63. The van der Waals surface area contributed by atoms with Crippen molar-refractivity contribution in [3.05, 3.63) is 46.8 Å². The Morgan fingerprint density at radius 3 is 2.80 bits per heavy atom. The molecule has 1 nitrogen and oxygen atoms in total. The Kier molecular flexibility index (Phi) is 4.30. The third kappa shape index (κ3) is 4.02. The van der Waals surface area contributed by atoms with E-state index in [9.17, 15) is 9.50 Å². The molecule has 0 aliphatic carbocycles. The highest BCUT2D eigenvalue weighted by Crippen LogP contribution is 2.20. The highest BCUT2D eigenvalue weighted by atomic mass is 35.5. The molecular weight excluding hydrogens is 215 g/mol. The van der Waals surface area contributed by atoms with Crippen molar-refractivity contribution >= 4 is 11.6 Å². The highest BCUT2D eigenvalue weighted by molar-refractivity contribution is 6.31. The predicted molar refractivity (Wildman–Crippen MR) is 60.6 cm³/mol. The molecule has 1 N–H and O–H groups in total. The second-order valence-electron chi connectivity index (χ2n) is 3.75. The van der Waals surface area contributed by atoms with E-state index >= 15 is 0 Å². The van der Waals surface area contributed by atoms with Crippen LogP contribution in [0.1, 0.15) is 18.9 Å². The third-order valence-electron chi connectivity index (χ3n) is 2.05. The quantitative estimate of drug-likeness (QED) is 0.784. The van der Waals surface area contributed by atoms with E-state index < -0.39 is 6.10 Å². The zero-order chi connectivity index (χ0) is 11.4. The minimum Gasteiger partial charge on any atom is -0.392 e. The number of benzene rings is 1. The first-order chi connectivity index (χ1) is 6.99. The van der Waals surface area contributed by atoms with Crippen molar-refractivity contribution in [2.24, 2.45) is 0 Å². The number of aliphatic hydroxyl groups is 1. The van der Waals surface area contributed by atoms with Gasteiger partial charge in [-0.2, -0.15) is 0 Å². The third-order valence-corrected chi connectivity index (χ3v) is 2.41. The summed E-state index contributed by atoms with van der Waals surface area (Å²) in [6.45, 7) is 5.58. The van der Waals surface area contributed by atoms with Crippen LogP contribution >= 0.6 is 11.6 Å². The summed E-state index contributed by atoms with van der Waals surface area (Å²) >= 11 is 5.84. The molecule has 82 valence electrons. The summed E-state index contributed by atoms with van der Waals surface area (Å²) in [5.74, 6) is -0.363. The van der Waals surface area contributed by atoms with E-state index in [2.05, 4.69) is 6.58 Å². The summed E-state index contributed by atoms with van der Waals surface area (Å²) in [5, 5.41) is 10.0. The van der Waals surface area contributed by atoms with Gasteiger partial charge in [-0.15, -0.1) is 6.58 Å². The van der Waals surface area contributed by atoms with Gasteiger partial charge in [-0.25, -0.2) is 4.39 Å². The van der Waals surface area contributed by atoms with Crippen molar-refractivity contribution in [1.82, 2.24) is 0 Å². The molecule has 1 unspecified atom stereocenters. The van der Waals surface area contributed by atoms with Crippen LogP contribution in [0.4, 0.5) is 4.39 Å². The summed E-state index contributed by atoms with van der Waals surface area (Å²) < 4.78 is 12.7. The summed E-state index contributed by atoms with van der Waals surface area (Å²) in [7, 11) is 0. The number of rotatable bonds is 4. The van der Waals surface area contributed by atoms with E-state index in [1.54, 1.807) is 6.07 Å². The van der Waals surface area contributed by atoms with Gasteiger partial charge >= 0.3 is 0 Å².